The lowest BCUT2D eigenvalue weighted by Crippen LogP contribution is -2.59. The number of hydrogen-bond donors (Lipinski definition) is 2. The van der Waals surface area contributed by atoms with Gasteiger partial charge in [-0.1, -0.05) is 42.5 Å². The van der Waals surface area contributed by atoms with E-state index >= 15 is 0 Å². The summed E-state index contributed by atoms with van der Waals surface area (Å²) in [6.07, 6.45) is 1.58. The Morgan fingerprint density at radius 1 is 1.03 bits per heavy atom. The summed E-state index contributed by atoms with van der Waals surface area (Å²) in [7, 11) is 0. The van der Waals surface area contributed by atoms with Crippen LogP contribution in [0.15, 0.2) is 60.7 Å². The second-order valence-corrected chi connectivity index (χ2v) is 7.27. The van der Waals surface area contributed by atoms with Gasteiger partial charge in [0.1, 0.15) is 23.7 Å². The van der Waals surface area contributed by atoms with Crippen LogP contribution in [-0.2, 0) is 11.4 Å². The highest BCUT2D eigenvalue weighted by atomic mass is 19.1. The number of ether oxygens (including phenoxy) is 1. The molecule has 0 saturated heterocycles. The van der Waals surface area contributed by atoms with Gasteiger partial charge in [0.25, 0.3) is 5.91 Å². The Hall–Kier alpha value is -3.41. The van der Waals surface area contributed by atoms with Crippen LogP contribution in [0.5, 0.6) is 5.75 Å². The zero-order valence-corrected chi connectivity index (χ0v) is 15.7. The topological polar surface area (TPSA) is 75.6 Å². The van der Waals surface area contributed by atoms with E-state index in [1.54, 1.807) is 18.2 Å². The molecule has 3 aromatic rings. The number of aliphatic carboxylic acids is 1. The summed E-state index contributed by atoms with van der Waals surface area (Å²) in [5.74, 6) is -1.46. The molecule has 0 aliphatic heterocycles. The highest BCUT2D eigenvalue weighted by Crippen LogP contribution is 2.35. The first-order valence-electron chi connectivity index (χ1n) is 9.43. The van der Waals surface area contributed by atoms with Gasteiger partial charge in [-0.05, 0) is 48.4 Å². The van der Waals surface area contributed by atoms with Gasteiger partial charge in [0.15, 0.2) is 0 Å². The van der Waals surface area contributed by atoms with Crippen molar-refractivity contribution >= 4 is 22.6 Å². The Morgan fingerprint density at radius 2 is 1.76 bits per heavy atom. The molecule has 1 amide bonds. The number of halogens is 1. The van der Waals surface area contributed by atoms with Crippen LogP contribution in [0.3, 0.4) is 0 Å². The molecule has 1 aliphatic rings. The predicted molar refractivity (Wildman–Crippen MR) is 106 cm³/mol. The fraction of sp³-hybridized carbons (Fsp3) is 0.217. The van der Waals surface area contributed by atoms with Crippen LogP contribution in [0.2, 0.25) is 0 Å². The SMILES string of the molecule is O=C(NC1(C(=O)O)CCC1)c1ccc2ccccc2c1OCc1ccc(F)cc1. The predicted octanol–water partition coefficient (Wildman–Crippen LogP) is 4.30. The highest BCUT2D eigenvalue weighted by molar-refractivity contribution is 6.05. The van der Waals surface area contributed by atoms with Crippen LogP contribution in [-0.4, -0.2) is 22.5 Å². The Balaban J connectivity index is 1.67. The number of carboxylic acids is 1. The Morgan fingerprint density at radius 3 is 2.41 bits per heavy atom. The number of benzene rings is 3. The first-order valence-corrected chi connectivity index (χ1v) is 9.43. The molecule has 0 atom stereocenters. The van der Waals surface area contributed by atoms with Crippen molar-refractivity contribution in [1.82, 2.24) is 5.32 Å². The maximum atomic E-state index is 13.1. The first-order chi connectivity index (χ1) is 14.0. The molecule has 3 aromatic carbocycles. The summed E-state index contributed by atoms with van der Waals surface area (Å²) in [6.45, 7) is 0.151. The van der Waals surface area contributed by atoms with E-state index in [0.29, 0.717) is 18.6 Å². The molecule has 0 aromatic heterocycles. The van der Waals surface area contributed by atoms with Crippen LogP contribution in [0.4, 0.5) is 4.39 Å². The Kier molecular flexibility index (Phi) is 4.92. The zero-order chi connectivity index (χ0) is 20.4. The average Bonchev–Trinajstić information content (AvgIpc) is 2.69. The van der Waals surface area contributed by atoms with E-state index in [4.69, 9.17) is 4.74 Å². The van der Waals surface area contributed by atoms with Crippen LogP contribution in [0.1, 0.15) is 35.2 Å². The monoisotopic (exact) mass is 393 g/mol. The van der Waals surface area contributed by atoms with Gasteiger partial charge in [0.05, 0.1) is 5.56 Å². The van der Waals surface area contributed by atoms with Gasteiger partial charge < -0.3 is 15.2 Å². The maximum absolute atomic E-state index is 13.1. The number of fused-ring (bicyclic) bond motifs is 1. The summed E-state index contributed by atoms with van der Waals surface area (Å²) >= 11 is 0. The molecule has 1 fully saturated rings. The summed E-state index contributed by atoms with van der Waals surface area (Å²) < 4.78 is 19.1. The van der Waals surface area contributed by atoms with E-state index in [2.05, 4.69) is 5.32 Å². The van der Waals surface area contributed by atoms with Gasteiger partial charge in [0, 0.05) is 5.39 Å². The van der Waals surface area contributed by atoms with Crippen molar-refractivity contribution in [3.63, 3.8) is 0 Å². The van der Waals surface area contributed by atoms with E-state index in [1.165, 1.54) is 12.1 Å². The van der Waals surface area contributed by atoms with Gasteiger partial charge in [-0.15, -0.1) is 0 Å². The van der Waals surface area contributed by atoms with Gasteiger partial charge in [-0.25, -0.2) is 9.18 Å². The van der Waals surface area contributed by atoms with E-state index in [-0.39, 0.29) is 18.0 Å². The summed E-state index contributed by atoms with van der Waals surface area (Å²) in [4.78, 5) is 24.6. The fourth-order valence-electron chi connectivity index (χ4n) is 3.52. The van der Waals surface area contributed by atoms with Crippen molar-refractivity contribution in [3.8, 4) is 5.75 Å². The van der Waals surface area contributed by atoms with Crippen molar-refractivity contribution in [2.75, 3.05) is 0 Å². The average molecular weight is 393 g/mol. The lowest BCUT2D eigenvalue weighted by molar-refractivity contribution is -0.148. The van der Waals surface area contributed by atoms with Crippen LogP contribution in [0.25, 0.3) is 10.8 Å². The van der Waals surface area contributed by atoms with Gasteiger partial charge >= 0.3 is 5.97 Å². The fourth-order valence-corrected chi connectivity index (χ4v) is 3.52. The molecule has 148 valence electrons. The maximum Gasteiger partial charge on any atom is 0.329 e. The van der Waals surface area contributed by atoms with Crippen molar-refractivity contribution in [3.05, 3.63) is 77.6 Å². The molecule has 0 spiro atoms. The molecule has 6 heteroatoms. The molecule has 0 unspecified atom stereocenters. The lowest BCUT2D eigenvalue weighted by atomic mass is 9.76. The zero-order valence-electron chi connectivity index (χ0n) is 15.7. The number of carbonyl (C=O) groups is 2. The number of carboxylic acid groups (broad SMARTS) is 1. The summed E-state index contributed by atoms with van der Waals surface area (Å²) in [5, 5.41) is 13.9. The highest BCUT2D eigenvalue weighted by Gasteiger charge is 2.46. The van der Waals surface area contributed by atoms with Gasteiger partial charge in [-0.3, -0.25) is 4.79 Å². The van der Waals surface area contributed by atoms with E-state index in [0.717, 1.165) is 22.8 Å². The molecule has 0 radical (unpaired) electrons. The molecular weight excluding hydrogens is 373 g/mol. The van der Waals surface area contributed by atoms with Crippen LogP contribution in [0, 0.1) is 5.82 Å². The molecule has 1 aliphatic carbocycles. The molecule has 0 bridgehead atoms. The summed E-state index contributed by atoms with van der Waals surface area (Å²) in [5.41, 5.74) is -0.179. The molecular formula is C23H20FNO4. The number of carbonyl (C=O) groups excluding carboxylic acids is 1. The third kappa shape index (κ3) is 3.66. The first kappa shape index (κ1) is 18.9. The molecule has 29 heavy (non-hydrogen) atoms. The number of nitrogens with one attached hydrogen (secondary N) is 1. The Bertz CT molecular complexity index is 1070. The minimum atomic E-state index is -1.21. The van der Waals surface area contributed by atoms with Crippen molar-refractivity contribution in [2.45, 2.75) is 31.4 Å². The van der Waals surface area contributed by atoms with Gasteiger partial charge in [-0.2, -0.15) is 0 Å². The van der Waals surface area contributed by atoms with Crippen molar-refractivity contribution in [1.29, 1.82) is 0 Å². The molecule has 5 nitrogen and oxygen atoms in total. The van der Waals surface area contributed by atoms with Crippen molar-refractivity contribution in [2.24, 2.45) is 0 Å². The minimum absolute atomic E-state index is 0.151. The standard InChI is InChI=1S/C23H20FNO4/c24-17-9-6-15(7-10-17)14-29-20-18-5-2-1-4-16(18)8-11-19(20)21(26)25-23(22(27)28)12-3-13-23/h1-2,4-11H,3,12-14H2,(H,25,26)(H,27,28). The molecule has 2 N–H and O–H groups in total. The van der Waals surface area contributed by atoms with E-state index in [1.807, 2.05) is 30.3 Å². The van der Waals surface area contributed by atoms with E-state index < -0.39 is 17.4 Å². The molecule has 4 rings (SSSR count). The second kappa shape index (κ2) is 7.54. The number of rotatable bonds is 6. The number of hydrogen-bond acceptors (Lipinski definition) is 3. The van der Waals surface area contributed by atoms with Gasteiger partial charge in [0.2, 0.25) is 0 Å². The largest absolute Gasteiger partial charge is 0.487 e. The normalized spacial score (nSPS) is 14.8. The third-order valence-corrected chi connectivity index (χ3v) is 5.39. The summed E-state index contributed by atoms with van der Waals surface area (Å²) in [6, 6.07) is 16.9. The second-order valence-electron chi connectivity index (χ2n) is 7.27. The molecule has 0 heterocycles. The number of amides is 1. The van der Waals surface area contributed by atoms with Crippen molar-refractivity contribution < 1.29 is 23.8 Å². The van der Waals surface area contributed by atoms with Crippen LogP contribution < -0.4 is 10.1 Å². The molecule has 1 saturated carbocycles. The quantitative estimate of drug-likeness (QED) is 0.655. The lowest BCUT2D eigenvalue weighted by Gasteiger charge is -2.38. The smallest absolute Gasteiger partial charge is 0.329 e. The minimum Gasteiger partial charge on any atom is -0.487 e. The Labute approximate surface area is 167 Å². The van der Waals surface area contributed by atoms with E-state index in [9.17, 15) is 19.1 Å². The third-order valence-electron chi connectivity index (χ3n) is 5.39. The van der Waals surface area contributed by atoms with Crippen LogP contribution >= 0.6 is 0 Å².